The van der Waals surface area contributed by atoms with Crippen LogP contribution in [0.5, 0.6) is 0 Å². The van der Waals surface area contributed by atoms with Crippen molar-refractivity contribution in [3.8, 4) is 11.4 Å². The molecule has 6 nitrogen and oxygen atoms in total. The number of aromatic nitrogens is 3. The minimum Gasteiger partial charge on any atom is -0.345 e. The van der Waals surface area contributed by atoms with Crippen LogP contribution in [-0.2, 0) is 0 Å². The zero-order valence-electron chi connectivity index (χ0n) is 17.2. The summed E-state index contributed by atoms with van der Waals surface area (Å²) in [7, 11) is 0. The van der Waals surface area contributed by atoms with Gasteiger partial charge in [-0.1, -0.05) is 24.3 Å². The maximum atomic E-state index is 13.1. The van der Waals surface area contributed by atoms with Gasteiger partial charge >= 0.3 is 0 Å². The first-order valence-corrected chi connectivity index (χ1v) is 10.5. The average Bonchev–Trinajstić information content (AvgIpc) is 3.08. The van der Waals surface area contributed by atoms with E-state index in [1.165, 1.54) is 22.7 Å². The maximum Gasteiger partial charge on any atom is 0.275 e. The molecule has 1 atom stereocenters. The second kappa shape index (κ2) is 8.11. The molecule has 2 N–H and O–H groups in total. The van der Waals surface area contributed by atoms with Gasteiger partial charge in [0.05, 0.1) is 11.6 Å². The summed E-state index contributed by atoms with van der Waals surface area (Å²) < 4.78 is 14.9. The Morgan fingerprint density at radius 3 is 2.52 bits per heavy atom. The van der Waals surface area contributed by atoms with Gasteiger partial charge < -0.3 is 10.3 Å². The summed E-state index contributed by atoms with van der Waals surface area (Å²) in [6.45, 7) is 5.81. The molecule has 4 aromatic rings. The summed E-state index contributed by atoms with van der Waals surface area (Å²) in [4.78, 5) is 28.3. The van der Waals surface area contributed by atoms with Crippen molar-refractivity contribution < 1.29 is 9.18 Å². The number of carbonyl (C=O) groups excluding carboxylic acids is 1. The van der Waals surface area contributed by atoms with E-state index >= 15 is 0 Å². The highest BCUT2D eigenvalue weighted by Gasteiger charge is 2.20. The van der Waals surface area contributed by atoms with Crippen LogP contribution in [0.15, 0.2) is 57.9 Å². The maximum absolute atomic E-state index is 13.1. The van der Waals surface area contributed by atoms with Crippen LogP contribution in [0.25, 0.3) is 16.9 Å². The SMILES string of the molecule is Cc1ccc(-c2nn3c(Br)c(C(=O)NC(C)c4ccc(F)cc4)cc3c(=O)[nH]2)cc1C. The van der Waals surface area contributed by atoms with E-state index in [2.05, 4.69) is 31.3 Å². The number of hydrogen-bond donors (Lipinski definition) is 2. The molecule has 0 aliphatic rings. The second-order valence-corrected chi connectivity index (χ2v) is 8.25. The van der Waals surface area contributed by atoms with Crippen molar-refractivity contribution in [3.05, 3.63) is 91.6 Å². The van der Waals surface area contributed by atoms with E-state index < -0.39 is 0 Å². The van der Waals surface area contributed by atoms with Crippen molar-refractivity contribution in [3.63, 3.8) is 0 Å². The number of nitrogens with one attached hydrogen (secondary N) is 2. The van der Waals surface area contributed by atoms with Crippen LogP contribution >= 0.6 is 15.9 Å². The lowest BCUT2D eigenvalue weighted by atomic mass is 10.1. The van der Waals surface area contributed by atoms with Gasteiger partial charge in [-0.25, -0.2) is 8.91 Å². The summed E-state index contributed by atoms with van der Waals surface area (Å²) in [5, 5.41) is 7.39. The number of halogens is 2. The molecule has 2 aromatic carbocycles. The fraction of sp³-hybridized carbons (Fsp3) is 0.174. The second-order valence-electron chi connectivity index (χ2n) is 7.49. The van der Waals surface area contributed by atoms with Gasteiger partial charge in [-0.05, 0) is 77.7 Å². The van der Waals surface area contributed by atoms with Gasteiger partial charge in [-0.2, -0.15) is 0 Å². The molecular formula is C23H20BrFN4O2. The van der Waals surface area contributed by atoms with E-state index in [4.69, 9.17) is 0 Å². The number of aryl methyl sites for hydroxylation is 2. The first kappa shape index (κ1) is 21.0. The lowest BCUT2D eigenvalue weighted by Gasteiger charge is -2.14. The Kier molecular flexibility index (Phi) is 5.49. The number of carbonyl (C=O) groups is 1. The molecule has 31 heavy (non-hydrogen) atoms. The Hall–Kier alpha value is -3.26. The Labute approximate surface area is 186 Å². The molecule has 1 unspecified atom stereocenters. The number of fused-ring (bicyclic) bond motifs is 1. The van der Waals surface area contributed by atoms with Crippen LogP contribution in [0.4, 0.5) is 4.39 Å². The molecule has 4 rings (SSSR count). The lowest BCUT2D eigenvalue weighted by Crippen LogP contribution is -2.26. The van der Waals surface area contributed by atoms with Crippen molar-refractivity contribution in [2.24, 2.45) is 0 Å². The fourth-order valence-corrected chi connectivity index (χ4v) is 3.89. The predicted octanol–water partition coefficient (Wildman–Crippen LogP) is 4.70. The molecule has 0 fully saturated rings. The van der Waals surface area contributed by atoms with E-state index in [1.54, 1.807) is 19.1 Å². The van der Waals surface area contributed by atoms with E-state index in [0.29, 0.717) is 10.4 Å². The Bertz CT molecular complexity index is 1360. The lowest BCUT2D eigenvalue weighted by molar-refractivity contribution is 0.0939. The number of nitrogens with zero attached hydrogens (tertiary/aromatic N) is 2. The largest absolute Gasteiger partial charge is 0.345 e. The quantitative estimate of drug-likeness (QED) is 0.442. The van der Waals surface area contributed by atoms with Crippen LogP contribution in [-0.4, -0.2) is 20.5 Å². The van der Waals surface area contributed by atoms with Crippen molar-refractivity contribution in [2.45, 2.75) is 26.8 Å². The van der Waals surface area contributed by atoms with Crippen molar-refractivity contribution >= 4 is 27.4 Å². The van der Waals surface area contributed by atoms with Crippen LogP contribution in [0, 0.1) is 19.7 Å². The molecule has 0 spiro atoms. The number of rotatable bonds is 4. The van der Waals surface area contributed by atoms with Gasteiger partial charge in [0, 0.05) is 5.56 Å². The van der Waals surface area contributed by atoms with E-state index in [0.717, 1.165) is 22.3 Å². The third kappa shape index (κ3) is 4.03. The molecule has 0 radical (unpaired) electrons. The summed E-state index contributed by atoms with van der Waals surface area (Å²) in [6.07, 6.45) is 0. The first-order chi connectivity index (χ1) is 14.7. The third-order valence-corrected chi connectivity index (χ3v) is 6.09. The number of amides is 1. The molecular weight excluding hydrogens is 463 g/mol. The number of hydrogen-bond acceptors (Lipinski definition) is 3. The normalized spacial score (nSPS) is 12.2. The minimum atomic E-state index is -0.374. The minimum absolute atomic E-state index is 0.249. The highest BCUT2D eigenvalue weighted by atomic mass is 79.9. The van der Waals surface area contributed by atoms with Crippen LogP contribution in [0.2, 0.25) is 0 Å². The predicted molar refractivity (Wildman–Crippen MR) is 121 cm³/mol. The van der Waals surface area contributed by atoms with Gasteiger partial charge in [-0.3, -0.25) is 9.59 Å². The Balaban J connectivity index is 1.69. The Morgan fingerprint density at radius 1 is 1.13 bits per heavy atom. The van der Waals surface area contributed by atoms with E-state index in [-0.39, 0.29) is 34.4 Å². The number of aromatic amines is 1. The smallest absolute Gasteiger partial charge is 0.275 e. The highest BCUT2D eigenvalue weighted by molar-refractivity contribution is 9.10. The standard InChI is InChI=1S/C23H20BrFN4O2/c1-12-4-5-16(10-13(12)2)21-27-23(31)19-11-18(20(24)29(19)28-21)22(30)26-14(3)15-6-8-17(25)9-7-15/h4-11,14H,1-3H3,(H,26,30)(H,27,28,31). The van der Waals surface area contributed by atoms with Crippen molar-refractivity contribution in [1.82, 2.24) is 19.9 Å². The molecule has 0 saturated carbocycles. The molecule has 2 aromatic heterocycles. The molecule has 0 aliphatic heterocycles. The van der Waals surface area contributed by atoms with Gasteiger partial charge in [0.25, 0.3) is 11.5 Å². The molecule has 1 amide bonds. The molecule has 2 heterocycles. The number of benzene rings is 2. The zero-order chi connectivity index (χ0) is 22.3. The summed E-state index contributed by atoms with van der Waals surface area (Å²) in [5.74, 6) is -0.307. The van der Waals surface area contributed by atoms with Crippen LogP contribution in [0.3, 0.4) is 0 Å². The number of H-pyrrole nitrogens is 1. The average molecular weight is 483 g/mol. The van der Waals surface area contributed by atoms with Crippen LogP contribution in [0.1, 0.15) is 40.0 Å². The molecule has 8 heteroatoms. The monoisotopic (exact) mass is 482 g/mol. The molecule has 0 saturated heterocycles. The summed E-state index contributed by atoms with van der Waals surface area (Å²) >= 11 is 3.41. The molecule has 0 bridgehead atoms. The van der Waals surface area contributed by atoms with E-state index in [9.17, 15) is 14.0 Å². The third-order valence-electron chi connectivity index (χ3n) is 5.32. The van der Waals surface area contributed by atoms with Gasteiger partial charge in [0.2, 0.25) is 0 Å². The van der Waals surface area contributed by atoms with Crippen LogP contribution < -0.4 is 10.9 Å². The highest BCUT2D eigenvalue weighted by Crippen LogP contribution is 2.23. The first-order valence-electron chi connectivity index (χ1n) is 9.70. The van der Waals surface area contributed by atoms with Crippen molar-refractivity contribution in [1.29, 1.82) is 0 Å². The summed E-state index contributed by atoms with van der Waals surface area (Å²) in [5.41, 5.74) is 3.95. The van der Waals surface area contributed by atoms with Crippen molar-refractivity contribution in [2.75, 3.05) is 0 Å². The van der Waals surface area contributed by atoms with Gasteiger partial charge in [0.1, 0.15) is 15.9 Å². The van der Waals surface area contributed by atoms with Gasteiger partial charge in [-0.15, -0.1) is 5.10 Å². The summed E-state index contributed by atoms with van der Waals surface area (Å²) in [6, 6.07) is 12.9. The topological polar surface area (TPSA) is 79.3 Å². The zero-order valence-corrected chi connectivity index (χ0v) is 18.7. The fourth-order valence-electron chi connectivity index (χ4n) is 3.32. The van der Waals surface area contributed by atoms with Gasteiger partial charge in [0.15, 0.2) is 5.82 Å². The molecule has 0 aliphatic carbocycles. The molecule has 158 valence electrons. The Morgan fingerprint density at radius 2 is 1.84 bits per heavy atom. The van der Waals surface area contributed by atoms with E-state index in [1.807, 2.05) is 32.0 Å².